The van der Waals surface area contributed by atoms with E-state index in [0.29, 0.717) is 0 Å². The number of nitrogen functional groups attached to an aromatic ring is 1. The van der Waals surface area contributed by atoms with Crippen molar-refractivity contribution in [3.63, 3.8) is 0 Å². The van der Waals surface area contributed by atoms with E-state index >= 15 is 0 Å². The fourth-order valence-corrected chi connectivity index (χ4v) is 2.58. The summed E-state index contributed by atoms with van der Waals surface area (Å²) >= 11 is 0. The Morgan fingerprint density at radius 3 is 2.79 bits per heavy atom. The average Bonchev–Trinajstić information content (AvgIpc) is 2.36. The first kappa shape index (κ1) is 15.4. The van der Waals surface area contributed by atoms with E-state index in [4.69, 9.17) is 11.0 Å². The quantitative estimate of drug-likeness (QED) is 0.601. The molecule has 0 aliphatic rings. The Morgan fingerprint density at radius 2 is 2.26 bits per heavy atom. The molecule has 0 fully saturated rings. The van der Waals surface area contributed by atoms with Crippen LogP contribution < -0.4 is 10.5 Å². The van der Waals surface area contributed by atoms with E-state index < -0.39 is 16.1 Å². The van der Waals surface area contributed by atoms with Gasteiger partial charge >= 0.3 is 0 Å². The van der Waals surface area contributed by atoms with Crippen LogP contribution in [0.3, 0.4) is 0 Å². The Hall–Kier alpha value is -1.66. The molecule has 19 heavy (non-hydrogen) atoms. The fraction of sp³-hybridized carbons (Fsp3) is 0.364. The highest BCUT2D eigenvalue weighted by atomic mass is 32.2. The maximum Gasteiger partial charge on any atom is 0.242 e. The van der Waals surface area contributed by atoms with Crippen molar-refractivity contribution in [2.45, 2.75) is 11.0 Å². The number of nitrogens with zero attached hydrogens (tertiary/aromatic N) is 1. The molecule has 1 aromatic rings. The van der Waals surface area contributed by atoms with Gasteiger partial charge in [0.05, 0.1) is 30.0 Å². The lowest BCUT2D eigenvalue weighted by Gasteiger charge is -2.12. The van der Waals surface area contributed by atoms with Gasteiger partial charge in [-0.25, -0.2) is 13.1 Å². The van der Waals surface area contributed by atoms with Crippen molar-refractivity contribution in [1.29, 1.82) is 5.26 Å². The molecule has 1 rings (SSSR count). The van der Waals surface area contributed by atoms with Crippen LogP contribution in [0.4, 0.5) is 5.69 Å². The van der Waals surface area contributed by atoms with Crippen LogP contribution in [-0.2, 0) is 14.8 Å². The number of aliphatic hydroxyl groups is 1. The zero-order valence-corrected chi connectivity index (χ0v) is 11.1. The van der Waals surface area contributed by atoms with Gasteiger partial charge in [-0.3, -0.25) is 0 Å². The zero-order chi connectivity index (χ0) is 14.5. The van der Waals surface area contributed by atoms with Gasteiger partial charge < -0.3 is 15.6 Å². The molecule has 0 spiro atoms. The summed E-state index contributed by atoms with van der Waals surface area (Å²) < 4.78 is 30.8. The normalized spacial score (nSPS) is 12.9. The predicted molar refractivity (Wildman–Crippen MR) is 68.6 cm³/mol. The third kappa shape index (κ3) is 4.18. The minimum absolute atomic E-state index is 0.0192. The standard InChI is InChI=1S/C11H15N3O4S/c1-18-7-9(15)6-14-19(16,17)11-3-2-8(5-12)4-10(11)13/h2-4,9,14-15H,6-7,13H2,1H3. The molecule has 0 saturated heterocycles. The Balaban J connectivity index is 2.86. The smallest absolute Gasteiger partial charge is 0.242 e. The molecule has 8 heteroatoms. The minimum Gasteiger partial charge on any atom is -0.398 e. The third-order valence-electron chi connectivity index (χ3n) is 2.30. The van der Waals surface area contributed by atoms with Crippen molar-refractivity contribution < 1.29 is 18.3 Å². The molecule has 0 aromatic heterocycles. The molecule has 0 aliphatic carbocycles. The first-order valence-electron chi connectivity index (χ1n) is 5.37. The molecule has 1 aromatic carbocycles. The fourth-order valence-electron chi connectivity index (χ4n) is 1.40. The van der Waals surface area contributed by atoms with Crippen LogP contribution in [0.15, 0.2) is 23.1 Å². The molecule has 1 atom stereocenters. The number of rotatable bonds is 6. The van der Waals surface area contributed by atoms with Gasteiger partial charge in [-0.15, -0.1) is 0 Å². The first-order chi connectivity index (χ1) is 8.90. The van der Waals surface area contributed by atoms with Gasteiger partial charge in [-0.05, 0) is 18.2 Å². The summed E-state index contributed by atoms with van der Waals surface area (Å²) in [5.74, 6) is 0. The Labute approximate surface area is 111 Å². The summed E-state index contributed by atoms with van der Waals surface area (Å²) in [6, 6.07) is 5.75. The number of aliphatic hydroxyl groups excluding tert-OH is 1. The van der Waals surface area contributed by atoms with E-state index in [-0.39, 0.29) is 29.3 Å². The highest BCUT2D eigenvalue weighted by Gasteiger charge is 2.18. The molecule has 0 radical (unpaired) electrons. The van der Waals surface area contributed by atoms with Gasteiger partial charge in [0.25, 0.3) is 0 Å². The maximum absolute atomic E-state index is 11.9. The molecule has 1 unspecified atom stereocenters. The number of methoxy groups -OCH3 is 1. The summed E-state index contributed by atoms with van der Waals surface area (Å²) in [5, 5.41) is 18.1. The number of nitriles is 1. The number of hydrogen-bond donors (Lipinski definition) is 3. The van der Waals surface area contributed by atoms with Crippen LogP contribution in [0.25, 0.3) is 0 Å². The van der Waals surface area contributed by atoms with Crippen molar-refractivity contribution in [3.8, 4) is 6.07 Å². The molecule has 0 bridgehead atoms. The van der Waals surface area contributed by atoms with Gasteiger partial charge in [0, 0.05) is 13.7 Å². The van der Waals surface area contributed by atoms with Crippen molar-refractivity contribution in [2.24, 2.45) is 0 Å². The van der Waals surface area contributed by atoms with Gasteiger partial charge in [0.15, 0.2) is 0 Å². The molecule has 0 saturated carbocycles. The number of hydrogen-bond acceptors (Lipinski definition) is 6. The van der Waals surface area contributed by atoms with Crippen molar-refractivity contribution in [2.75, 3.05) is 26.0 Å². The Kier molecular flexibility index (Phi) is 5.26. The van der Waals surface area contributed by atoms with E-state index in [0.717, 1.165) is 0 Å². The molecular weight excluding hydrogens is 270 g/mol. The highest BCUT2D eigenvalue weighted by molar-refractivity contribution is 7.89. The lowest BCUT2D eigenvalue weighted by molar-refractivity contribution is 0.0679. The van der Waals surface area contributed by atoms with E-state index in [2.05, 4.69) is 9.46 Å². The zero-order valence-electron chi connectivity index (χ0n) is 10.3. The molecule has 0 heterocycles. The highest BCUT2D eigenvalue weighted by Crippen LogP contribution is 2.19. The number of nitrogens with one attached hydrogen (secondary N) is 1. The van der Waals surface area contributed by atoms with Crippen LogP contribution in [0.2, 0.25) is 0 Å². The third-order valence-corrected chi connectivity index (χ3v) is 3.79. The summed E-state index contributed by atoms with van der Waals surface area (Å²) in [5.41, 5.74) is 5.84. The van der Waals surface area contributed by atoms with Gasteiger partial charge in [0.2, 0.25) is 10.0 Å². The Morgan fingerprint density at radius 1 is 1.58 bits per heavy atom. The lowest BCUT2D eigenvalue weighted by Crippen LogP contribution is -2.34. The van der Waals surface area contributed by atoms with Crippen LogP contribution in [0.5, 0.6) is 0 Å². The van der Waals surface area contributed by atoms with Crippen LogP contribution >= 0.6 is 0 Å². The number of anilines is 1. The first-order valence-corrected chi connectivity index (χ1v) is 6.85. The van der Waals surface area contributed by atoms with Crippen LogP contribution in [0.1, 0.15) is 5.56 Å². The molecule has 7 nitrogen and oxygen atoms in total. The SMILES string of the molecule is COCC(O)CNS(=O)(=O)c1ccc(C#N)cc1N. The molecule has 4 N–H and O–H groups in total. The van der Waals surface area contributed by atoms with Gasteiger partial charge in [-0.1, -0.05) is 0 Å². The average molecular weight is 285 g/mol. The number of sulfonamides is 1. The summed E-state index contributed by atoms with van der Waals surface area (Å²) in [6.45, 7) is -0.166. The minimum atomic E-state index is -3.83. The van der Waals surface area contributed by atoms with Crippen LogP contribution in [0, 0.1) is 11.3 Å². The van der Waals surface area contributed by atoms with E-state index in [1.165, 1.54) is 25.3 Å². The van der Waals surface area contributed by atoms with Gasteiger partial charge in [0.1, 0.15) is 4.90 Å². The van der Waals surface area contributed by atoms with Gasteiger partial charge in [-0.2, -0.15) is 5.26 Å². The summed E-state index contributed by atoms with van der Waals surface area (Å²) in [6.07, 6.45) is -0.945. The van der Waals surface area contributed by atoms with E-state index in [1.807, 2.05) is 6.07 Å². The van der Waals surface area contributed by atoms with Crippen molar-refractivity contribution >= 4 is 15.7 Å². The number of ether oxygens (including phenoxy) is 1. The summed E-state index contributed by atoms with van der Waals surface area (Å²) in [4.78, 5) is -0.129. The predicted octanol–water partition coefficient (Wildman–Crippen LogP) is -0.574. The van der Waals surface area contributed by atoms with Crippen molar-refractivity contribution in [3.05, 3.63) is 23.8 Å². The second-order valence-corrected chi connectivity index (χ2v) is 5.56. The monoisotopic (exact) mass is 285 g/mol. The number of nitrogens with two attached hydrogens (primary N) is 1. The largest absolute Gasteiger partial charge is 0.398 e. The second kappa shape index (κ2) is 6.49. The maximum atomic E-state index is 11.9. The summed E-state index contributed by atoms with van der Waals surface area (Å²) in [7, 11) is -2.43. The second-order valence-electron chi connectivity index (χ2n) is 3.83. The molecule has 0 amide bonds. The topological polar surface area (TPSA) is 125 Å². The van der Waals surface area contributed by atoms with Crippen LogP contribution in [-0.4, -0.2) is 39.9 Å². The van der Waals surface area contributed by atoms with Crippen molar-refractivity contribution in [1.82, 2.24) is 4.72 Å². The van der Waals surface area contributed by atoms with E-state index in [1.54, 1.807) is 0 Å². The number of benzene rings is 1. The molecule has 0 aliphatic heterocycles. The Bertz CT molecular complexity index is 580. The molecule has 104 valence electrons. The lowest BCUT2D eigenvalue weighted by atomic mass is 10.2. The molecular formula is C11H15N3O4S. The van der Waals surface area contributed by atoms with E-state index in [9.17, 15) is 13.5 Å².